The molecule has 0 atom stereocenters. The number of non-ortho nitro benzene ring substituents is 1. The smallest absolute Gasteiger partial charge is 0.270 e. The number of Topliss-reactive ketones (excluding diaryl/α,β-unsaturated/α-hetero) is 1. The molecule has 0 unspecified atom stereocenters. The highest BCUT2D eigenvalue weighted by molar-refractivity contribution is 7.99. The van der Waals surface area contributed by atoms with Crippen LogP contribution in [0.15, 0.2) is 71.2 Å². The molecule has 0 aliphatic heterocycles. The molecule has 0 N–H and O–H groups in total. The summed E-state index contributed by atoms with van der Waals surface area (Å²) in [5.41, 5.74) is 2.21. The van der Waals surface area contributed by atoms with Gasteiger partial charge in [-0.1, -0.05) is 42.1 Å². The summed E-state index contributed by atoms with van der Waals surface area (Å²) >= 11 is 2.82. The number of rotatable bonds is 7. The van der Waals surface area contributed by atoms with Gasteiger partial charge in [0.2, 0.25) is 0 Å². The highest BCUT2D eigenvalue weighted by Crippen LogP contribution is 2.31. The average Bonchev–Trinajstić information content (AvgIpc) is 3.41. The normalized spacial score (nSPS) is 10.8. The Bertz CT molecular complexity index is 1220. The van der Waals surface area contributed by atoms with E-state index in [-0.39, 0.29) is 17.2 Å². The maximum atomic E-state index is 12.6. The van der Waals surface area contributed by atoms with Crippen LogP contribution in [-0.4, -0.2) is 31.2 Å². The van der Waals surface area contributed by atoms with Crippen LogP contribution in [-0.2, 0) is 0 Å². The zero-order valence-electron chi connectivity index (χ0n) is 15.9. The minimum atomic E-state index is -0.508. The number of aromatic nitrogens is 3. The predicted molar refractivity (Wildman–Crippen MR) is 118 cm³/mol. The van der Waals surface area contributed by atoms with Crippen LogP contribution in [0.2, 0.25) is 0 Å². The predicted octanol–water partition coefficient (Wildman–Crippen LogP) is 5.19. The van der Waals surface area contributed by atoms with Crippen molar-refractivity contribution in [2.24, 2.45) is 0 Å². The summed E-state index contributed by atoms with van der Waals surface area (Å²) in [6.07, 6.45) is 0. The second kappa shape index (κ2) is 8.60. The summed E-state index contributed by atoms with van der Waals surface area (Å²) in [5, 5.41) is 22.2. The highest BCUT2D eigenvalue weighted by atomic mass is 32.2. The minimum Gasteiger partial charge on any atom is -0.293 e. The third-order valence-electron chi connectivity index (χ3n) is 4.35. The van der Waals surface area contributed by atoms with Crippen LogP contribution in [0.4, 0.5) is 5.69 Å². The number of nitro groups is 1. The van der Waals surface area contributed by atoms with Crippen LogP contribution in [0, 0.1) is 17.0 Å². The number of thiophene rings is 1. The zero-order valence-corrected chi connectivity index (χ0v) is 17.5. The largest absolute Gasteiger partial charge is 0.293 e. The van der Waals surface area contributed by atoms with Crippen LogP contribution in [0.5, 0.6) is 0 Å². The lowest BCUT2D eigenvalue weighted by Gasteiger charge is -2.10. The molecule has 0 aliphatic carbocycles. The number of benzene rings is 2. The van der Waals surface area contributed by atoms with Gasteiger partial charge in [-0.15, -0.1) is 21.5 Å². The number of aryl methyl sites for hydroxylation is 1. The Morgan fingerprint density at radius 1 is 1.13 bits per heavy atom. The molecule has 30 heavy (non-hydrogen) atoms. The van der Waals surface area contributed by atoms with Gasteiger partial charge in [-0.2, -0.15) is 0 Å². The number of nitro benzene ring substituents is 1. The van der Waals surface area contributed by atoms with Gasteiger partial charge in [0.1, 0.15) is 0 Å². The maximum absolute atomic E-state index is 12.6. The van der Waals surface area contributed by atoms with E-state index in [1.54, 1.807) is 17.4 Å². The Labute approximate surface area is 180 Å². The topological polar surface area (TPSA) is 90.9 Å². The molecule has 2 aromatic heterocycles. The fraction of sp³-hybridized carbons (Fsp3) is 0.0952. The van der Waals surface area contributed by atoms with Crippen molar-refractivity contribution in [1.29, 1.82) is 0 Å². The molecule has 0 fully saturated rings. The third-order valence-corrected chi connectivity index (χ3v) is 6.14. The zero-order chi connectivity index (χ0) is 21.1. The molecule has 0 bridgehead atoms. The number of carbonyl (C=O) groups excluding carboxylic acids is 1. The summed E-state index contributed by atoms with van der Waals surface area (Å²) in [6, 6.07) is 17.7. The van der Waals surface area contributed by atoms with Gasteiger partial charge in [0.25, 0.3) is 5.69 Å². The van der Waals surface area contributed by atoms with Crippen molar-refractivity contribution in [3.05, 3.63) is 87.3 Å². The fourth-order valence-corrected chi connectivity index (χ4v) is 4.48. The van der Waals surface area contributed by atoms with E-state index in [2.05, 4.69) is 10.2 Å². The Morgan fingerprint density at radius 3 is 2.70 bits per heavy atom. The molecule has 2 aromatic carbocycles. The first-order valence-corrected chi connectivity index (χ1v) is 10.9. The minimum absolute atomic E-state index is 0.0928. The van der Waals surface area contributed by atoms with Crippen LogP contribution in [0.25, 0.3) is 16.4 Å². The van der Waals surface area contributed by atoms with E-state index < -0.39 is 4.92 Å². The molecule has 2 heterocycles. The summed E-state index contributed by atoms with van der Waals surface area (Å²) in [6.45, 7) is 2.01. The number of nitrogens with zero attached hydrogens (tertiary/aromatic N) is 4. The first-order chi connectivity index (χ1) is 14.5. The lowest BCUT2D eigenvalue weighted by molar-refractivity contribution is -0.384. The summed E-state index contributed by atoms with van der Waals surface area (Å²) in [5.74, 6) is 0.594. The molecule has 0 spiro atoms. The second-order valence-corrected chi connectivity index (χ2v) is 8.37. The molecule has 7 nitrogen and oxygen atoms in total. The SMILES string of the molecule is Cc1cccc(-n2c(SCC(=O)c3cccc([N+](=O)[O-])c3)nnc2-c2cccs2)c1. The van der Waals surface area contributed by atoms with Crippen LogP contribution in [0.3, 0.4) is 0 Å². The second-order valence-electron chi connectivity index (χ2n) is 6.48. The number of hydrogen-bond acceptors (Lipinski definition) is 7. The van der Waals surface area contributed by atoms with Crippen molar-refractivity contribution in [3.63, 3.8) is 0 Å². The van der Waals surface area contributed by atoms with E-state index in [0.29, 0.717) is 16.5 Å². The van der Waals surface area contributed by atoms with Gasteiger partial charge >= 0.3 is 0 Å². The first-order valence-electron chi connectivity index (χ1n) is 9.00. The molecule has 0 aliphatic rings. The van der Waals surface area contributed by atoms with E-state index in [1.165, 1.54) is 30.0 Å². The van der Waals surface area contributed by atoms with Gasteiger partial charge in [0, 0.05) is 17.7 Å². The number of carbonyl (C=O) groups is 1. The van der Waals surface area contributed by atoms with E-state index in [4.69, 9.17) is 0 Å². The number of thioether (sulfide) groups is 1. The van der Waals surface area contributed by atoms with Crippen molar-refractivity contribution >= 4 is 34.6 Å². The van der Waals surface area contributed by atoms with Gasteiger partial charge in [0.15, 0.2) is 16.8 Å². The quantitative estimate of drug-likeness (QED) is 0.171. The van der Waals surface area contributed by atoms with E-state index in [9.17, 15) is 14.9 Å². The highest BCUT2D eigenvalue weighted by Gasteiger charge is 2.19. The van der Waals surface area contributed by atoms with Crippen molar-refractivity contribution in [2.45, 2.75) is 12.1 Å². The molecule has 4 rings (SSSR count). The monoisotopic (exact) mass is 436 g/mol. The molecule has 0 radical (unpaired) electrons. The van der Waals surface area contributed by atoms with Crippen LogP contribution < -0.4 is 0 Å². The van der Waals surface area contributed by atoms with Crippen LogP contribution >= 0.6 is 23.1 Å². The van der Waals surface area contributed by atoms with Crippen molar-refractivity contribution in [2.75, 3.05) is 5.75 Å². The summed E-state index contributed by atoms with van der Waals surface area (Å²) in [7, 11) is 0. The first kappa shape index (κ1) is 20.0. The van der Waals surface area contributed by atoms with Crippen molar-refractivity contribution in [1.82, 2.24) is 14.8 Å². The molecule has 4 aromatic rings. The lowest BCUT2D eigenvalue weighted by Crippen LogP contribution is -2.05. The number of hydrogen-bond donors (Lipinski definition) is 0. The van der Waals surface area contributed by atoms with Gasteiger partial charge in [-0.3, -0.25) is 19.5 Å². The molecule has 9 heteroatoms. The van der Waals surface area contributed by atoms with E-state index in [1.807, 2.05) is 53.3 Å². The lowest BCUT2D eigenvalue weighted by atomic mass is 10.1. The van der Waals surface area contributed by atoms with E-state index in [0.717, 1.165) is 16.1 Å². The number of ketones is 1. The van der Waals surface area contributed by atoms with Gasteiger partial charge < -0.3 is 0 Å². The molecule has 150 valence electrons. The molecule has 0 saturated carbocycles. The molecular formula is C21H16N4O3S2. The van der Waals surface area contributed by atoms with Gasteiger partial charge in [-0.05, 0) is 36.1 Å². The summed E-state index contributed by atoms with van der Waals surface area (Å²) < 4.78 is 1.93. The maximum Gasteiger partial charge on any atom is 0.270 e. The molecule has 0 saturated heterocycles. The van der Waals surface area contributed by atoms with Crippen molar-refractivity contribution in [3.8, 4) is 16.4 Å². The molecular weight excluding hydrogens is 420 g/mol. The Hall–Kier alpha value is -3.30. The standard InChI is InChI=1S/C21H16N4O3S2/c1-14-5-2-7-16(11-14)24-20(19-9-4-10-29-19)22-23-21(24)30-13-18(26)15-6-3-8-17(12-15)25(27)28/h2-12H,13H2,1H3. The Morgan fingerprint density at radius 2 is 1.97 bits per heavy atom. The van der Waals surface area contributed by atoms with Gasteiger partial charge in [0.05, 0.1) is 21.2 Å². The fourth-order valence-electron chi connectivity index (χ4n) is 2.93. The van der Waals surface area contributed by atoms with Crippen molar-refractivity contribution < 1.29 is 9.72 Å². The summed E-state index contributed by atoms with van der Waals surface area (Å²) in [4.78, 5) is 24.1. The van der Waals surface area contributed by atoms with E-state index >= 15 is 0 Å². The average molecular weight is 437 g/mol. The van der Waals surface area contributed by atoms with Crippen LogP contribution in [0.1, 0.15) is 15.9 Å². The molecule has 0 amide bonds. The van der Waals surface area contributed by atoms with Gasteiger partial charge in [-0.25, -0.2) is 0 Å². The Kier molecular flexibility index (Phi) is 5.73. The Balaban J connectivity index is 1.64. The third kappa shape index (κ3) is 4.17.